The highest BCUT2D eigenvalue weighted by Crippen LogP contribution is 2.21. The molecular weight excluding hydrogens is 316 g/mol. The van der Waals surface area contributed by atoms with Gasteiger partial charge in [0.2, 0.25) is 6.23 Å². The predicted octanol–water partition coefficient (Wildman–Crippen LogP) is 2.08. The van der Waals surface area contributed by atoms with Gasteiger partial charge < -0.3 is 14.5 Å². The average molecular weight is 341 g/mol. The van der Waals surface area contributed by atoms with Gasteiger partial charge in [0.1, 0.15) is 7.38 Å². The first-order chi connectivity index (χ1) is 9.00. The van der Waals surface area contributed by atoms with Crippen molar-refractivity contribution in [2.45, 2.75) is 44.5 Å². The maximum atomic E-state index is 12.1. The predicted molar refractivity (Wildman–Crippen MR) is 84.9 cm³/mol. The van der Waals surface area contributed by atoms with Gasteiger partial charge in [-0.25, -0.2) is 4.79 Å². The number of hydrogen-bond donors (Lipinski definition) is 2. The fraction of sp³-hybridized carbons (Fsp3) is 0.818. The monoisotopic (exact) mass is 340 g/mol. The smallest absolute Gasteiger partial charge is 0.409 e. The van der Waals surface area contributed by atoms with Gasteiger partial charge in [-0.2, -0.15) is 11.1 Å². The first-order valence-corrected chi connectivity index (χ1v) is 13.8. The van der Waals surface area contributed by atoms with Crippen molar-refractivity contribution in [2.24, 2.45) is 0 Å². The van der Waals surface area contributed by atoms with E-state index in [-0.39, 0.29) is 5.91 Å². The molecule has 0 aliphatic carbocycles. The van der Waals surface area contributed by atoms with Crippen LogP contribution in [0.3, 0.4) is 0 Å². The van der Waals surface area contributed by atoms with Gasteiger partial charge in [0, 0.05) is 7.11 Å². The van der Waals surface area contributed by atoms with Gasteiger partial charge in [-0.3, -0.25) is 10.1 Å². The van der Waals surface area contributed by atoms with E-state index in [4.69, 9.17) is 15.8 Å². The molecular formula is C11H25ClN2O4Si2. The number of rotatable bonds is 7. The zero-order valence-corrected chi connectivity index (χ0v) is 15.8. The van der Waals surface area contributed by atoms with E-state index in [1.165, 1.54) is 14.2 Å². The quantitative estimate of drug-likeness (QED) is 0.422. The molecule has 1 unspecified atom stereocenters. The Bertz CT molecular complexity index is 348. The van der Waals surface area contributed by atoms with Gasteiger partial charge in [0.05, 0.1) is 7.11 Å². The molecule has 0 saturated carbocycles. The topological polar surface area (TPSA) is 76.7 Å². The Morgan fingerprint density at radius 3 is 2.10 bits per heavy atom. The Hall–Kier alpha value is -0.576. The highest BCUT2D eigenvalue weighted by molar-refractivity contribution is 7.19. The van der Waals surface area contributed by atoms with Crippen molar-refractivity contribution in [2.75, 3.05) is 14.2 Å². The molecule has 20 heavy (non-hydrogen) atoms. The fourth-order valence-electron chi connectivity index (χ4n) is 1.47. The van der Waals surface area contributed by atoms with E-state index in [2.05, 4.69) is 28.1 Å². The van der Waals surface area contributed by atoms with Crippen molar-refractivity contribution < 1.29 is 19.1 Å². The minimum atomic E-state index is -1.94. The number of amides is 2. The number of halogens is 1. The second-order valence-electron chi connectivity index (χ2n) is 5.84. The van der Waals surface area contributed by atoms with Crippen molar-refractivity contribution in [3.8, 4) is 0 Å². The van der Waals surface area contributed by atoms with Crippen LogP contribution in [0.15, 0.2) is 0 Å². The molecule has 0 aromatic rings. The highest BCUT2D eigenvalue weighted by Gasteiger charge is 2.31. The van der Waals surface area contributed by atoms with Gasteiger partial charge in [-0.1, -0.05) is 26.2 Å². The molecule has 2 amide bonds. The van der Waals surface area contributed by atoms with E-state index in [0.29, 0.717) is 0 Å². The van der Waals surface area contributed by atoms with Crippen LogP contribution < -0.4 is 10.3 Å². The molecule has 0 bridgehead atoms. The molecule has 0 rings (SSSR count). The summed E-state index contributed by atoms with van der Waals surface area (Å²) in [5.74, 6) is -0.358. The summed E-state index contributed by atoms with van der Waals surface area (Å²) in [7, 11) is -1.01. The van der Waals surface area contributed by atoms with Crippen molar-refractivity contribution in [3.63, 3.8) is 0 Å². The zero-order chi connectivity index (χ0) is 16.0. The molecule has 9 heteroatoms. The highest BCUT2D eigenvalue weighted by atomic mass is 35.6. The summed E-state index contributed by atoms with van der Waals surface area (Å²) in [5.41, 5.74) is 0. The lowest BCUT2D eigenvalue weighted by Gasteiger charge is -2.28. The van der Waals surface area contributed by atoms with Crippen molar-refractivity contribution in [1.82, 2.24) is 10.3 Å². The molecule has 1 atom stereocenters. The molecule has 0 heterocycles. The zero-order valence-electron chi connectivity index (χ0n) is 13.0. The Balaban J connectivity index is 4.50. The lowest BCUT2D eigenvalue weighted by molar-refractivity contribution is -0.130. The lowest BCUT2D eigenvalue weighted by Crippen LogP contribution is -2.56. The molecule has 0 aliphatic rings. The number of carbonyl (C=O) groups is 2. The third kappa shape index (κ3) is 8.57. The maximum Gasteiger partial charge on any atom is 0.409 e. The molecule has 2 N–H and O–H groups in total. The van der Waals surface area contributed by atoms with Crippen LogP contribution in [-0.2, 0) is 14.3 Å². The summed E-state index contributed by atoms with van der Waals surface area (Å²) in [4.78, 5) is 26.2. The third-order valence-corrected chi connectivity index (χ3v) is 7.64. The van der Waals surface area contributed by atoms with E-state index >= 15 is 0 Å². The molecule has 0 aliphatic heterocycles. The van der Waals surface area contributed by atoms with Crippen molar-refractivity contribution in [1.29, 1.82) is 0 Å². The first kappa shape index (κ1) is 19.4. The molecule has 0 fully saturated rings. The van der Waals surface area contributed by atoms with Crippen LogP contribution in [0.25, 0.3) is 0 Å². The summed E-state index contributed by atoms with van der Waals surface area (Å²) in [6.07, 6.45) is -1.75. The number of carbonyl (C=O) groups excluding carboxylic acids is 2. The van der Waals surface area contributed by atoms with Crippen LogP contribution in [0.5, 0.6) is 0 Å². The van der Waals surface area contributed by atoms with Crippen LogP contribution in [0.4, 0.5) is 4.79 Å². The summed E-state index contributed by atoms with van der Waals surface area (Å²) >= 11 is 6.30. The maximum absolute atomic E-state index is 12.1. The normalized spacial score (nSPS) is 13.6. The Labute approximate surface area is 127 Å². The number of alkyl carbamates (subject to hydrolysis) is 1. The van der Waals surface area contributed by atoms with Crippen LogP contribution >= 0.6 is 11.1 Å². The van der Waals surface area contributed by atoms with E-state index in [0.717, 1.165) is 12.1 Å². The Morgan fingerprint density at radius 1 is 1.15 bits per heavy atom. The van der Waals surface area contributed by atoms with Crippen LogP contribution in [-0.4, -0.2) is 48.1 Å². The summed E-state index contributed by atoms with van der Waals surface area (Å²) in [6, 6.07) is 1.84. The molecule has 0 saturated heterocycles. The van der Waals surface area contributed by atoms with Crippen LogP contribution in [0.2, 0.25) is 38.3 Å². The van der Waals surface area contributed by atoms with E-state index in [9.17, 15) is 9.59 Å². The molecule has 6 nitrogen and oxygen atoms in total. The molecule has 0 aromatic heterocycles. The van der Waals surface area contributed by atoms with Gasteiger partial charge in [-0.05, 0) is 12.1 Å². The molecule has 0 radical (unpaired) electrons. The van der Waals surface area contributed by atoms with Gasteiger partial charge in [-0.15, -0.1) is 0 Å². The van der Waals surface area contributed by atoms with E-state index < -0.39 is 27.9 Å². The lowest BCUT2D eigenvalue weighted by atomic mass is 10.5. The van der Waals surface area contributed by atoms with Crippen molar-refractivity contribution in [3.05, 3.63) is 0 Å². The minimum Gasteiger partial charge on any atom is -0.453 e. The van der Waals surface area contributed by atoms with E-state index in [1.54, 1.807) is 0 Å². The van der Waals surface area contributed by atoms with Gasteiger partial charge in [0.25, 0.3) is 5.91 Å². The number of nitrogens with one attached hydrogen (secondary N) is 2. The SMILES string of the molecule is COC(=O)NC(OC)C(=O)N[Si](C)(C)CC[Si](C)(C)Cl. The van der Waals surface area contributed by atoms with Crippen LogP contribution in [0.1, 0.15) is 0 Å². The molecule has 118 valence electrons. The second kappa shape index (κ2) is 8.01. The summed E-state index contributed by atoms with van der Waals surface area (Å²) in [5, 5.41) is 2.32. The fourth-order valence-corrected chi connectivity index (χ4v) is 8.12. The number of hydrogen-bond acceptors (Lipinski definition) is 4. The third-order valence-electron chi connectivity index (χ3n) is 2.71. The molecule has 0 spiro atoms. The number of ether oxygens (including phenoxy) is 2. The second-order valence-corrected chi connectivity index (χ2v) is 17.4. The average Bonchev–Trinajstić information content (AvgIpc) is 2.31. The molecule has 0 aromatic carbocycles. The first-order valence-electron chi connectivity index (χ1n) is 6.39. The van der Waals surface area contributed by atoms with Gasteiger partial charge in [0.15, 0.2) is 8.24 Å². The largest absolute Gasteiger partial charge is 0.453 e. The van der Waals surface area contributed by atoms with Gasteiger partial charge >= 0.3 is 6.09 Å². The Morgan fingerprint density at radius 2 is 1.70 bits per heavy atom. The number of methoxy groups -OCH3 is 2. The minimum absolute atomic E-state index is 0.358. The summed E-state index contributed by atoms with van der Waals surface area (Å²) in [6.45, 7) is 8.26. The standard InChI is InChI=1S/C11H25ClN2O4Si2/c1-17-10(13-11(16)18-2)9(15)14-20(5,6)8-7-19(3,4)12/h10H,7-8H2,1-6H3,(H,13,16)(H,14,15). The van der Waals surface area contributed by atoms with Crippen molar-refractivity contribution >= 4 is 38.7 Å². The van der Waals surface area contributed by atoms with E-state index in [1.807, 2.05) is 13.1 Å². The van der Waals surface area contributed by atoms with Crippen LogP contribution in [0, 0.1) is 0 Å². The Kier molecular flexibility index (Phi) is 7.78. The summed E-state index contributed by atoms with van der Waals surface area (Å²) < 4.78 is 9.40.